The van der Waals surface area contributed by atoms with Crippen LogP contribution < -0.4 is 11.1 Å². The average Bonchev–Trinajstić information content (AvgIpc) is 2.88. The molecule has 0 aliphatic rings. The van der Waals surface area contributed by atoms with Crippen LogP contribution in [0, 0.1) is 5.82 Å². The Hall–Kier alpha value is -1.53. The first-order valence-electron chi connectivity index (χ1n) is 6.75. The molecule has 0 aliphatic carbocycles. The van der Waals surface area contributed by atoms with E-state index in [1.807, 2.05) is 6.07 Å². The van der Waals surface area contributed by atoms with Crippen LogP contribution >= 0.6 is 11.5 Å². The van der Waals surface area contributed by atoms with Crippen LogP contribution in [-0.4, -0.2) is 21.9 Å². The maximum Gasteiger partial charge on any atom is 0.202 e. The van der Waals surface area contributed by atoms with Gasteiger partial charge in [-0.1, -0.05) is 31.5 Å². The highest BCUT2D eigenvalue weighted by Crippen LogP contribution is 2.17. The van der Waals surface area contributed by atoms with Crippen LogP contribution in [-0.2, 0) is 6.42 Å². The molecule has 108 valence electrons. The molecule has 0 saturated heterocycles. The van der Waals surface area contributed by atoms with Crippen molar-refractivity contribution < 1.29 is 4.39 Å². The number of nitrogens with one attached hydrogen (secondary N) is 1. The number of halogens is 1. The van der Waals surface area contributed by atoms with Crippen LogP contribution in [0.15, 0.2) is 24.3 Å². The van der Waals surface area contributed by atoms with Crippen molar-refractivity contribution in [1.82, 2.24) is 9.36 Å². The Balaban J connectivity index is 2.00. The maximum atomic E-state index is 13.6. The molecule has 6 heteroatoms. The van der Waals surface area contributed by atoms with E-state index >= 15 is 0 Å². The fraction of sp³-hybridized carbons (Fsp3) is 0.429. The van der Waals surface area contributed by atoms with Crippen LogP contribution in [0.4, 0.5) is 9.52 Å². The fourth-order valence-electron chi connectivity index (χ4n) is 1.97. The van der Waals surface area contributed by atoms with Gasteiger partial charge in [-0.15, -0.1) is 0 Å². The van der Waals surface area contributed by atoms with Gasteiger partial charge in [0.1, 0.15) is 11.6 Å². The summed E-state index contributed by atoms with van der Waals surface area (Å²) in [7, 11) is 0. The van der Waals surface area contributed by atoms with Crippen molar-refractivity contribution in [3.8, 4) is 0 Å². The summed E-state index contributed by atoms with van der Waals surface area (Å²) in [4.78, 5) is 4.39. The number of benzene rings is 1. The number of hydrogen-bond acceptors (Lipinski definition) is 5. The summed E-state index contributed by atoms with van der Waals surface area (Å²) in [5, 5.41) is 4.03. The number of nitrogens with zero attached hydrogens (tertiary/aromatic N) is 2. The fourth-order valence-corrected chi connectivity index (χ4v) is 2.63. The van der Waals surface area contributed by atoms with Crippen LogP contribution in [0.1, 0.15) is 31.2 Å². The third-order valence-corrected chi connectivity index (χ3v) is 3.71. The summed E-state index contributed by atoms with van der Waals surface area (Å²) in [6, 6.07) is 6.91. The van der Waals surface area contributed by atoms with Crippen LogP contribution in [0.2, 0.25) is 0 Å². The highest BCUT2D eigenvalue weighted by atomic mass is 32.1. The topological polar surface area (TPSA) is 63.8 Å². The minimum absolute atomic E-state index is 0.217. The first-order valence-corrected chi connectivity index (χ1v) is 7.52. The minimum Gasteiger partial charge on any atom is -0.356 e. The zero-order valence-electron chi connectivity index (χ0n) is 11.5. The van der Waals surface area contributed by atoms with Crippen molar-refractivity contribution in [1.29, 1.82) is 0 Å². The molecule has 1 heterocycles. The van der Waals surface area contributed by atoms with E-state index in [0.717, 1.165) is 18.0 Å². The molecular weight excluding hydrogens is 275 g/mol. The lowest BCUT2D eigenvalue weighted by molar-refractivity contribution is 0.612. The Morgan fingerprint density at radius 2 is 2.20 bits per heavy atom. The molecule has 0 aliphatic heterocycles. The highest BCUT2D eigenvalue weighted by molar-refractivity contribution is 7.09. The Bertz CT molecular complexity index is 543. The van der Waals surface area contributed by atoms with E-state index in [4.69, 9.17) is 5.73 Å². The molecule has 2 rings (SSSR count). The average molecular weight is 294 g/mol. The molecule has 1 aromatic heterocycles. The van der Waals surface area contributed by atoms with Crippen molar-refractivity contribution in [2.24, 2.45) is 5.73 Å². The molecule has 0 fully saturated rings. The maximum absolute atomic E-state index is 13.6. The molecule has 20 heavy (non-hydrogen) atoms. The standard InChI is InChI=1S/C14H19FN4S/c1-2-5-11(9-16)17-14-18-13(19-20-14)8-10-6-3-4-7-12(10)15/h3-4,6-7,11H,2,5,8-9,16H2,1H3,(H,17,18,19). The van der Waals surface area contributed by atoms with Gasteiger partial charge < -0.3 is 11.1 Å². The molecular formula is C14H19FN4S. The molecule has 1 atom stereocenters. The van der Waals surface area contributed by atoms with E-state index in [9.17, 15) is 4.39 Å². The molecule has 0 amide bonds. The molecule has 0 saturated carbocycles. The SMILES string of the molecule is CCCC(CN)Nc1nc(Cc2ccccc2F)ns1. The van der Waals surface area contributed by atoms with Crippen molar-refractivity contribution in [2.45, 2.75) is 32.2 Å². The lowest BCUT2D eigenvalue weighted by atomic mass is 10.1. The molecule has 0 bridgehead atoms. The van der Waals surface area contributed by atoms with Crippen molar-refractivity contribution in [3.05, 3.63) is 41.5 Å². The zero-order chi connectivity index (χ0) is 14.4. The quantitative estimate of drug-likeness (QED) is 0.824. The van der Waals surface area contributed by atoms with Gasteiger partial charge in [-0.2, -0.15) is 4.37 Å². The molecule has 0 spiro atoms. The highest BCUT2D eigenvalue weighted by Gasteiger charge is 2.11. The first-order chi connectivity index (χ1) is 9.72. The summed E-state index contributed by atoms with van der Waals surface area (Å²) in [6.07, 6.45) is 2.47. The van der Waals surface area contributed by atoms with E-state index < -0.39 is 0 Å². The van der Waals surface area contributed by atoms with Crippen LogP contribution in [0.5, 0.6) is 0 Å². The van der Waals surface area contributed by atoms with E-state index in [0.29, 0.717) is 24.4 Å². The van der Waals surface area contributed by atoms with Gasteiger partial charge in [0.15, 0.2) is 0 Å². The van der Waals surface area contributed by atoms with Gasteiger partial charge in [-0.25, -0.2) is 9.37 Å². The third-order valence-electron chi connectivity index (χ3n) is 3.02. The summed E-state index contributed by atoms with van der Waals surface area (Å²) >= 11 is 1.29. The lowest BCUT2D eigenvalue weighted by Crippen LogP contribution is -2.28. The molecule has 1 unspecified atom stereocenters. The van der Waals surface area contributed by atoms with Gasteiger partial charge in [0.25, 0.3) is 0 Å². The molecule has 2 aromatic rings. The van der Waals surface area contributed by atoms with E-state index in [-0.39, 0.29) is 11.9 Å². The van der Waals surface area contributed by atoms with Gasteiger partial charge in [0.2, 0.25) is 5.13 Å². The summed E-state index contributed by atoms with van der Waals surface area (Å²) < 4.78 is 17.8. The van der Waals surface area contributed by atoms with Gasteiger partial charge in [0, 0.05) is 30.5 Å². The van der Waals surface area contributed by atoms with Gasteiger partial charge >= 0.3 is 0 Å². The van der Waals surface area contributed by atoms with E-state index in [2.05, 4.69) is 21.6 Å². The number of aromatic nitrogens is 2. The number of anilines is 1. The predicted octanol–water partition coefficient (Wildman–Crippen LogP) is 2.81. The summed E-state index contributed by atoms with van der Waals surface area (Å²) in [6.45, 7) is 2.68. The van der Waals surface area contributed by atoms with Gasteiger partial charge in [-0.3, -0.25) is 0 Å². The molecule has 3 N–H and O–H groups in total. The Morgan fingerprint density at radius 1 is 1.40 bits per heavy atom. The second-order valence-electron chi connectivity index (χ2n) is 4.65. The third kappa shape index (κ3) is 3.98. The Morgan fingerprint density at radius 3 is 2.90 bits per heavy atom. The normalized spacial score (nSPS) is 12.3. The first kappa shape index (κ1) is 14.9. The van der Waals surface area contributed by atoms with Crippen LogP contribution in [0.3, 0.4) is 0 Å². The van der Waals surface area contributed by atoms with Gasteiger partial charge in [-0.05, 0) is 18.1 Å². The number of rotatable bonds is 7. The van der Waals surface area contributed by atoms with Crippen LogP contribution in [0.25, 0.3) is 0 Å². The predicted molar refractivity (Wildman–Crippen MR) is 80.5 cm³/mol. The molecule has 1 aromatic carbocycles. The summed E-state index contributed by atoms with van der Waals surface area (Å²) in [5.74, 6) is 0.414. The van der Waals surface area contributed by atoms with E-state index in [1.165, 1.54) is 17.6 Å². The molecule has 4 nitrogen and oxygen atoms in total. The largest absolute Gasteiger partial charge is 0.356 e. The second-order valence-corrected chi connectivity index (χ2v) is 5.40. The minimum atomic E-state index is -0.220. The van der Waals surface area contributed by atoms with Crippen molar-refractivity contribution in [3.63, 3.8) is 0 Å². The zero-order valence-corrected chi connectivity index (χ0v) is 12.3. The second kappa shape index (κ2) is 7.31. The smallest absolute Gasteiger partial charge is 0.202 e. The number of hydrogen-bond donors (Lipinski definition) is 2. The Labute approximate surface area is 122 Å². The van der Waals surface area contributed by atoms with Crippen molar-refractivity contribution >= 4 is 16.7 Å². The number of nitrogens with two attached hydrogens (primary N) is 1. The Kier molecular flexibility index (Phi) is 5.43. The lowest BCUT2D eigenvalue weighted by Gasteiger charge is -2.13. The molecule has 0 radical (unpaired) electrons. The summed E-state index contributed by atoms with van der Waals surface area (Å²) in [5.41, 5.74) is 6.31. The van der Waals surface area contributed by atoms with Crippen molar-refractivity contribution in [2.75, 3.05) is 11.9 Å². The van der Waals surface area contributed by atoms with E-state index in [1.54, 1.807) is 12.1 Å². The van der Waals surface area contributed by atoms with Gasteiger partial charge in [0.05, 0.1) is 0 Å². The monoisotopic (exact) mass is 294 g/mol.